The van der Waals surface area contributed by atoms with Crippen LogP contribution < -0.4 is 5.73 Å². The maximum absolute atomic E-state index is 5.73. The van der Waals surface area contributed by atoms with Gasteiger partial charge in [0.1, 0.15) is 0 Å². The Morgan fingerprint density at radius 2 is 2.50 bits per heavy atom. The lowest BCUT2D eigenvalue weighted by molar-refractivity contribution is 0.352. The molecule has 0 amide bonds. The Balaban J connectivity index is 2.26. The number of aromatic nitrogens is 4. The van der Waals surface area contributed by atoms with Gasteiger partial charge in [-0.05, 0) is 6.42 Å². The number of nitrogens with two attached hydrogens (primary N) is 1. The fraction of sp³-hybridized carbons (Fsp3) is 0.375. The molecule has 2 rings (SSSR count). The molecule has 74 valence electrons. The minimum atomic E-state index is -0.203. The molecule has 2 heterocycles. The molecule has 14 heavy (non-hydrogen) atoms. The fourth-order valence-electron chi connectivity index (χ4n) is 1.04. The van der Waals surface area contributed by atoms with Crippen LogP contribution in [0.4, 0.5) is 0 Å². The van der Waals surface area contributed by atoms with Crippen molar-refractivity contribution in [3.63, 3.8) is 0 Å². The second kappa shape index (κ2) is 3.59. The van der Waals surface area contributed by atoms with Gasteiger partial charge in [0.05, 0.1) is 6.04 Å². The van der Waals surface area contributed by atoms with Crippen LogP contribution in [0.1, 0.15) is 25.3 Å². The molecule has 0 fully saturated rings. The van der Waals surface area contributed by atoms with Crippen molar-refractivity contribution in [1.29, 1.82) is 0 Å². The molecule has 0 saturated carbocycles. The number of rotatable bonds is 3. The summed E-state index contributed by atoms with van der Waals surface area (Å²) in [4.78, 5) is 11.0. The summed E-state index contributed by atoms with van der Waals surface area (Å²) >= 11 is 0. The van der Waals surface area contributed by atoms with Crippen LogP contribution >= 0.6 is 0 Å². The fourth-order valence-corrected chi connectivity index (χ4v) is 1.04. The predicted molar refractivity (Wildman–Crippen MR) is 49.1 cm³/mol. The lowest BCUT2D eigenvalue weighted by Crippen LogP contribution is -2.08. The monoisotopic (exact) mass is 193 g/mol. The summed E-state index contributed by atoms with van der Waals surface area (Å²) in [5.74, 6) is 1.47. The maximum atomic E-state index is 5.73. The van der Waals surface area contributed by atoms with Crippen molar-refractivity contribution in [2.45, 2.75) is 19.4 Å². The van der Waals surface area contributed by atoms with E-state index in [2.05, 4.69) is 20.1 Å². The highest BCUT2D eigenvalue weighted by Crippen LogP contribution is 2.15. The molecule has 0 spiro atoms. The SMILES string of the molecule is CC[C@H](N)c1nc(-c2ncc[nH]2)no1. The predicted octanol–water partition coefficient (Wildman–Crippen LogP) is 0.869. The van der Waals surface area contributed by atoms with Gasteiger partial charge in [0.15, 0.2) is 5.82 Å². The van der Waals surface area contributed by atoms with Crippen LogP contribution in [0.3, 0.4) is 0 Å². The van der Waals surface area contributed by atoms with Gasteiger partial charge in [0.25, 0.3) is 0 Å². The Morgan fingerprint density at radius 3 is 3.14 bits per heavy atom. The van der Waals surface area contributed by atoms with Crippen molar-refractivity contribution in [2.75, 3.05) is 0 Å². The van der Waals surface area contributed by atoms with Crippen molar-refractivity contribution < 1.29 is 4.52 Å². The van der Waals surface area contributed by atoms with Crippen molar-refractivity contribution >= 4 is 0 Å². The van der Waals surface area contributed by atoms with Crippen LogP contribution in [0.15, 0.2) is 16.9 Å². The van der Waals surface area contributed by atoms with E-state index < -0.39 is 0 Å². The first kappa shape index (κ1) is 8.89. The third kappa shape index (κ3) is 1.51. The topological polar surface area (TPSA) is 93.6 Å². The molecule has 0 saturated heterocycles. The number of nitrogens with zero attached hydrogens (tertiary/aromatic N) is 3. The van der Waals surface area contributed by atoms with Crippen LogP contribution in [-0.2, 0) is 0 Å². The smallest absolute Gasteiger partial charge is 0.243 e. The van der Waals surface area contributed by atoms with Gasteiger partial charge in [-0.2, -0.15) is 4.98 Å². The van der Waals surface area contributed by atoms with Gasteiger partial charge in [0.2, 0.25) is 11.7 Å². The molecular weight excluding hydrogens is 182 g/mol. The Hall–Kier alpha value is -1.69. The normalized spacial score (nSPS) is 13.0. The molecule has 3 N–H and O–H groups in total. The average molecular weight is 193 g/mol. The molecule has 0 radical (unpaired) electrons. The minimum absolute atomic E-state index is 0.203. The van der Waals surface area contributed by atoms with Gasteiger partial charge in [-0.15, -0.1) is 0 Å². The Morgan fingerprint density at radius 1 is 1.64 bits per heavy atom. The number of aromatic amines is 1. The quantitative estimate of drug-likeness (QED) is 0.754. The van der Waals surface area contributed by atoms with Gasteiger partial charge in [-0.25, -0.2) is 4.98 Å². The van der Waals surface area contributed by atoms with Crippen LogP contribution in [-0.4, -0.2) is 20.1 Å². The van der Waals surface area contributed by atoms with E-state index in [1.807, 2.05) is 6.92 Å². The highest BCUT2D eigenvalue weighted by molar-refractivity contribution is 5.40. The summed E-state index contributed by atoms with van der Waals surface area (Å²) in [7, 11) is 0. The largest absolute Gasteiger partial charge is 0.342 e. The maximum Gasteiger partial charge on any atom is 0.243 e. The van der Waals surface area contributed by atoms with E-state index >= 15 is 0 Å². The summed E-state index contributed by atoms with van der Waals surface area (Å²) in [6, 6.07) is -0.203. The van der Waals surface area contributed by atoms with Gasteiger partial charge < -0.3 is 15.2 Å². The van der Waals surface area contributed by atoms with Gasteiger partial charge in [-0.3, -0.25) is 0 Å². The van der Waals surface area contributed by atoms with Crippen molar-refractivity contribution in [3.8, 4) is 11.6 Å². The highest BCUT2D eigenvalue weighted by Gasteiger charge is 2.14. The number of hydrogen-bond acceptors (Lipinski definition) is 5. The van der Waals surface area contributed by atoms with E-state index in [0.29, 0.717) is 17.5 Å². The first-order valence-electron chi connectivity index (χ1n) is 4.40. The van der Waals surface area contributed by atoms with E-state index in [1.54, 1.807) is 12.4 Å². The van der Waals surface area contributed by atoms with E-state index in [0.717, 1.165) is 6.42 Å². The number of imidazole rings is 1. The molecule has 0 unspecified atom stereocenters. The summed E-state index contributed by atoms with van der Waals surface area (Å²) in [6.45, 7) is 1.96. The molecule has 0 aliphatic heterocycles. The Bertz CT molecular complexity index is 394. The molecule has 6 heteroatoms. The Labute approximate surface area is 80.5 Å². The number of hydrogen-bond donors (Lipinski definition) is 2. The van der Waals surface area contributed by atoms with Crippen LogP contribution in [0.2, 0.25) is 0 Å². The molecule has 1 atom stereocenters. The van der Waals surface area contributed by atoms with Gasteiger partial charge in [-0.1, -0.05) is 12.1 Å². The minimum Gasteiger partial charge on any atom is -0.342 e. The third-order valence-electron chi connectivity index (χ3n) is 1.91. The van der Waals surface area contributed by atoms with Crippen LogP contribution in [0.5, 0.6) is 0 Å². The molecule has 0 aliphatic rings. The Kier molecular flexibility index (Phi) is 2.28. The second-order valence-electron chi connectivity index (χ2n) is 2.91. The van der Waals surface area contributed by atoms with E-state index in [4.69, 9.17) is 10.3 Å². The zero-order valence-electron chi connectivity index (χ0n) is 7.77. The average Bonchev–Trinajstić information content (AvgIpc) is 2.86. The summed E-state index contributed by atoms with van der Waals surface area (Å²) < 4.78 is 5.00. The molecule has 0 bridgehead atoms. The molecule has 6 nitrogen and oxygen atoms in total. The number of nitrogens with one attached hydrogen (secondary N) is 1. The van der Waals surface area contributed by atoms with Crippen molar-refractivity contribution in [2.24, 2.45) is 5.73 Å². The van der Waals surface area contributed by atoms with E-state index in [1.165, 1.54) is 0 Å². The first-order chi connectivity index (χ1) is 6.81. The molecular formula is C8H11N5O. The van der Waals surface area contributed by atoms with Crippen LogP contribution in [0.25, 0.3) is 11.6 Å². The van der Waals surface area contributed by atoms with Gasteiger partial charge in [0, 0.05) is 12.4 Å². The molecule has 2 aromatic rings. The number of H-pyrrole nitrogens is 1. The lowest BCUT2D eigenvalue weighted by atomic mass is 10.2. The highest BCUT2D eigenvalue weighted by atomic mass is 16.5. The molecule has 0 aliphatic carbocycles. The molecule has 2 aromatic heterocycles. The standard InChI is InChI=1S/C8H11N5O/c1-2-5(9)8-12-7(13-14-8)6-10-3-4-11-6/h3-5H,2,9H2,1H3,(H,10,11)/t5-/m0/s1. The van der Waals surface area contributed by atoms with Crippen molar-refractivity contribution in [1.82, 2.24) is 20.1 Å². The third-order valence-corrected chi connectivity index (χ3v) is 1.91. The van der Waals surface area contributed by atoms with E-state index in [-0.39, 0.29) is 6.04 Å². The van der Waals surface area contributed by atoms with Crippen LogP contribution in [0, 0.1) is 0 Å². The molecule has 0 aromatic carbocycles. The zero-order valence-corrected chi connectivity index (χ0v) is 7.77. The van der Waals surface area contributed by atoms with Gasteiger partial charge >= 0.3 is 0 Å². The lowest BCUT2D eigenvalue weighted by Gasteiger charge is -1.98. The van der Waals surface area contributed by atoms with E-state index in [9.17, 15) is 0 Å². The summed E-state index contributed by atoms with van der Waals surface area (Å²) in [6.07, 6.45) is 4.09. The second-order valence-corrected chi connectivity index (χ2v) is 2.91. The summed E-state index contributed by atoms with van der Waals surface area (Å²) in [5.41, 5.74) is 5.73. The first-order valence-corrected chi connectivity index (χ1v) is 4.40. The zero-order chi connectivity index (χ0) is 9.97. The summed E-state index contributed by atoms with van der Waals surface area (Å²) in [5, 5.41) is 3.77. The van der Waals surface area contributed by atoms with Crippen molar-refractivity contribution in [3.05, 3.63) is 18.3 Å².